The van der Waals surface area contributed by atoms with E-state index < -0.39 is 5.60 Å². The van der Waals surface area contributed by atoms with Crippen LogP contribution in [0, 0.1) is 6.92 Å². The maximum Gasteiger partial charge on any atom is 0.410 e. The van der Waals surface area contributed by atoms with Crippen molar-refractivity contribution in [2.45, 2.75) is 51.9 Å². The second kappa shape index (κ2) is 7.90. The molecule has 3 rings (SSSR count). The highest BCUT2D eigenvalue weighted by Gasteiger charge is 2.36. The molecule has 6 nitrogen and oxygen atoms in total. The van der Waals surface area contributed by atoms with Crippen molar-refractivity contribution in [2.24, 2.45) is 0 Å². The molecule has 0 saturated carbocycles. The average Bonchev–Trinajstić information content (AvgIpc) is 3.02. The van der Waals surface area contributed by atoms with Crippen LogP contribution in [0.1, 0.15) is 43.8 Å². The molecule has 2 aromatic rings. The van der Waals surface area contributed by atoms with Crippen LogP contribution in [-0.2, 0) is 15.9 Å². The summed E-state index contributed by atoms with van der Waals surface area (Å²) >= 11 is 5.98. The van der Waals surface area contributed by atoms with E-state index in [2.05, 4.69) is 10.2 Å². The van der Waals surface area contributed by atoms with Crippen molar-refractivity contribution in [1.29, 1.82) is 0 Å². The summed E-state index contributed by atoms with van der Waals surface area (Å²) in [4.78, 5) is 14.6. The van der Waals surface area contributed by atoms with Crippen LogP contribution in [0.2, 0.25) is 5.02 Å². The van der Waals surface area contributed by atoms with Gasteiger partial charge in [-0.2, -0.15) is 5.10 Å². The van der Waals surface area contributed by atoms with Crippen molar-refractivity contribution in [3.63, 3.8) is 0 Å². The minimum Gasteiger partial charge on any atom is -0.444 e. The first kappa shape index (κ1) is 19.7. The maximum absolute atomic E-state index is 12.8. The molecule has 2 heterocycles. The van der Waals surface area contributed by atoms with Gasteiger partial charge in [-0.25, -0.2) is 4.79 Å². The fourth-order valence-corrected chi connectivity index (χ4v) is 3.21. The quantitative estimate of drug-likeness (QED) is 0.847. The molecule has 0 radical (unpaired) electrons. The third kappa shape index (κ3) is 5.23. The summed E-state index contributed by atoms with van der Waals surface area (Å²) in [7, 11) is 0. The first-order valence-electron chi connectivity index (χ1n) is 9.09. The van der Waals surface area contributed by atoms with Gasteiger partial charge in [0, 0.05) is 10.7 Å². The predicted molar refractivity (Wildman–Crippen MR) is 104 cm³/mol. The number of H-pyrrole nitrogens is 1. The monoisotopic (exact) mass is 391 g/mol. The van der Waals surface area contributed by atoms with Gasteiger partial charge in [0.25, 0.3) is 0 Å². The normalized spacial score (nSPS) is 20.6. The Morgan fingerprint density at radius 3 is 2.67 bits per heavy atom. The molecule has 1 aliphatic rings. The number of hydrogen-bond acceptors (Lipinski definition) is 4. The van der Waals surface area contributed by atoms with Crippen molar-refractivity contribution in [3.8, 4) is 0 Å². The highest BCUT2D eigenvalue weighted by molar-refractivity contribution is 6.30. The molecule has 27 heavy (non-hydrogen) atoms. The van der Waals surface area contributed by atoms with E-state index in [0.717, 1.165) is 17.0 Å². The van der Waals surface area contributed by atoms with Gasteiger partial charge in [-0.05, 0) is 57.9 Å². The van der Waals surface area contributed by atoms with Gasteiger partial charge in [-0.15, -0.1) is 0 Å². The Kier molecular flexibility index (Phi) is 5.77. The average molecular weight is 392 g/mol. The van der Waals surface area contributed by atoms with Crippen molar-refractivity contribution in [2.75, 3.05) is 13.2 Å². The molecule has 0 bridgehead atoms. The molecule has 1 amide bonds. The first-order valence-corrected chi connectivity index (χ1v) is 9.46. The molecule has 2 atom stereocenters. The highest BCUT2D eigenvalue weighted by atomic mass is 35.5. The SMILES string of the molecule is Cc1cc([C@H]2CN(C(=O)OC(C)(C)C)[C@@H](Cc3ccc(Cl)cc3)CO2)n[nH]1. The molecule has 0 unspecified atom stereocenters. The molecular weight excluding hydrogens is 366 g/mol. The number of carbonyl (C=O) groups is 1. The Bertz CT molecular complexity index is 783. The van der Waals surface area contributed by atoms with Crippen LogP contribution in [0.4, 0.5) is 4.79 Å². The first-order chi connectivity index (χ1) is 12.7. The second-order valence-electron chi connectivity index (χ2n) is 7.91. The van der Waals surface area contributed by atoms with E-state index in [1.54, 1.807) is 4.90 Å². The Morgan fingerprint density at radius 1 is 1.37 bits per heavy atom. The molecule has 1 aliphatic heterocycles. The van der Waals surface area contributed by atoms with Crippen LogP contribution in [0.5, 0.6) is 0 Å². The van der Waals surface area contributed by atoms with Crippen molar-refractivity contribution in [3.05, 3.63) is 52.3 Å². The lowest BCUT2D eigenvalue weighted by atomic mass is 10.0. The number of aryl methyl sites for hydroxylation is 1. The van der Waals surface area contributed by atoms with Gasteiger partial charge < -0.3 is 9.47 Å². The zero-order chi connectivity index (χ0) is 19.6. The van der Waals surface area contributed by atoms with E-state index in [1.165, 1.54) is 0 Å². The number of nitrogens with one attached hydrogen (secondary N) is 1. The number of amides is 1. The summed E-state index contributed by atoms with van der Waals surface area (Å²) in [6, 6.07) is 9.48. The molecule has 1 aromatic carbocycles. The number of rotatable bonds is 3. The number of hydrogen-bond donors (Lipinski definition) is 1. The Labute approximate surface area is 164 Å². The van der Waals surface area contributed by atoms with Gasteiger partial charge in [-0.3, -0.25) is 10.00 Å². The Morgan fingerprint density at radius 2 is 2.07 bits per heavy atom. The van der Waals surface area contributed by atoms with Crippen molar-refractivity contribution >= 4 is 17.7 Å². The third-order valence-electron chi connectivity index (χ3n) is 4.36. The predicted octanol–water partition coefficient (Wildman–Crippen LogP) is 4.29. The molecular formula is C20H26ClN3O3. The van der Waals surface area contributed by atoms with Gasteiger partial charge in [0.1, 0.15) is 11.7 Å². The van der Waals surface area contributed by atoms with E-state index in [4.69, 9.17) is 21.1 Å². The fraction of sp³-hybridized carbons (Fsp3) is 0.500. The smallest absolute Gasteiger partial charge is 0.410 e. The summed E-state index contributed by atoms with van der Waals surface area (Å²) < 4.78 is 11.7. The lowest BCUT2D eigenvalue weighted by molar-refractivity contribution is -0.0723. The summed E-state index contributed by atoms with van der Waals surface area (Å²) in [5.41, 5.74) is 2.29. The van der Waals surface area contributed by atoms with Crippen molar-refractivity contribution < 1.29 is 14.3 Å². The lowest BCUT2D eigenvalue weighted by Crippen LogP contribution is -2.52. The molecule has 7 heteroatoms. The van der Waals surface area contributed by atoms with Crippen LogP contribution in [-0.4, -0.2) is 46.0 Å². The number of ether oxygens (including phenoxy) is 2. The number of aromatic amines is 1. The summed E-state index contributed by atoms with van der Waals surface area (Å²) in [6.07, 6.45) is 0.0638. The molecule has 1 saturated heterocycles. The number of nitrogens with zero attached hydrogens (tertiary/aromatic N) is 2. The molecule has 1 N–H and O–H groups in total. The van der Waals surface area contributed by atoms with E-state index in [-0.39, 0.29) is 18.2 Å². The number of aromatic nitrogens is 2. The Balaban J connectivity index is 1.78. The van der Waals surface area contributed by atoms with Crippen LogP contribution < -0.4 is 0 Å². The molecule has 1 fully saturated rings. The number of morpholine rings is 1. The third-order valence-corrected chi connectivity index (χ3v) is 4.61. The van der Waals surface area contributed by atoms with E-state index in [1.807, 2.05) is 58.0 Å². The van der Waals surface area contributed by atoms with E-state index in [9.17, 15) is 4.79 Å². The molecule has 1 aromatic heterocycles. The fourth-order valence-electron chi connectivity index (χ4n) is 3.09. The van der Waals surface area contributed by atoms with Crippen LogP contribution in [0.15, 0.2) is 30.3 Å². The van der Waals surface area contributed by atoms with Gasteiger partial charge in [0.15, 0.2) is 0 Å². The minimum absolute atomic E-state index is 0.114. The summed E-state index contributed by atoms with van der Waals surface area (Å²) in [6.45, 7) is 8.36. The minimum atomic E-state index is -0.557. The second-order valence-corrected chi connectivity index (χ2v) is 8.35. The van der Waals surface area contributed by atoms with Gasteiger partial charge >= 0.3 is 6.09 Å². The van der Waals surface area contributed by atoms with Gasteiger partial charge in [0.05, 0.1) is 24.9 Å². The van der Waals surface area contributed by atoms with Crippen molar-refractivity contribution in [1.82, 2.24) is 15.1 Å². The molecule has 0 aliphatic carbocycles. The zero-order valence-electron chi connectivity index (χ0n) is 16.2. The molecule has 146 valence electrons. The van der Waals surface area contributed by atoms with Crippen LogP contribution in [0.25, 0.3) is 0 Å². The molecule has 0 spiro atoms. The van der Waals surface area contributed by atoms with Gasteiger partial charge in [-0.1, -0.05) is 23.7 Å². The largest absolute Gasteiger partial charge is 0.444 e. The lowest BCUT2D eigenvalue weighted by Gasteiger charge is -2.39. The number of benzene rings is 1. The number of halogens is 1. The standard InChI is InChI=1S/C20H26ClN3O3/c1-13-9-17(23-22-13)18-11-24(19(25)27-20(2,3)4)16(12-26-18)10-14-5-7-15(21)8-6-14/h5-9,16,18H,10-12H2,1-4H3,(H,22,23)/t16-,18+/m0/s1. The highest BCUT2D eigenvalue weighted by Crippen LogP contribution is 2.27. The van der Waals surface area contributed by atoms with Crippen LogP contribution >= 0.6 is 11.6 Å². The van der Waals surface area contributed by atoms with Gasteiger partial charge in [0.2, 0.25) is 0 Å². The zero-order valence-corrected chi connectivity index (χ0v) is 16.9. The summed E-state index contributed by atoms with van der Waals surface area (Å²) in [5.74, 6) is 0. The van der Waals surface area contributed by atoms with E-state index >= 15 is 0 Å². The maximum atomic E-state index is 12.8. The number of carbonyl (C=O) groups excluding carboxylic acids is 1. The summed E-state index contributed by atoms with van der Waals surface area (Å²) in [5, 5.41) is 7.90. The van der Waals surface area contributed by atoms with Crippen LogP contribution in [0.3, 0.4) is 0 Å². The topological polar surface area (TPSA) is 67.5 Å². The van der Waals surface area contributed by atoms with E-state index in [0.29, 0.717) is 24.6 Å². The Hall–Kier alpha value is -2.05.